The van der Waals surface area contributed by atoms with Crippen molar-refractivity contribution < 1.29 is 18.4 Å². The molecule has 1 aromatic heterocycles. The summed E-state index contributed by atoms with van der Waals surface area (Å²) < 4.78 is 29.2. The van der Waals surface area contributed by atoms with Gasteiger partial charge in [0.05, 0.1) is 17.1 Å². The van der Waals surface area contributed by atoms with E-state index in [2.05, 4.69) is 9.88 Å². The zero-order valence-electron chi connectivity index (χ0n) is 21.3. The summed E-state index contributed by atoms with van der Waals surface area (Å²) in [6.45, 7) is 2.09. The van der Waals surface area contributed by atoms with E-state index in [4.69, 9.17) is 11.6 Å². The van der Waals surface area contributed by atoms with Crippen molar-refractivity contribution in [2.45, 2.75) is 25.8 Å². The number of para-hydroxylation sites is 2. The standard InChI is InChI=1S/C30H27ClF2N4O2/c1-2-3-16-35(30(39)34-22-14-15-23(32)24(33)18-22)19-28(38)37-26-8-5-4-7-25(26)36-17-6-9-27(36)29(37)20-10-12-21(31)13-11-20/h4-15,17-18,29H,2-3,16,19H2,1H3,(H,34,39)/t29-/m1/s1. The molecule has 9 heteroatoms. The highest BCUT2D eigenvalue weighted by Crippen LogP contribution is 2.42. The molecule has 0 aliphatic carbocycles. The molecule has 39 heavy (non-hydrogen) atoms. The predicted molar refractivity (Wildman–Crippen MR) is 148 cm³/mol. The van der Waals surface area contributed by atoms with Gasteiger partial charge in [-0.1, -0.05) is 49.2 Å². The Morgan fingerprint density at radius 2 is 1.69 bits per heavy atom. The molecule has 0 bridgehead atoms. The molecule has 0 unspecified atom stereocenters. The maximum Gasteiger partial charge on any atom is 0.322 e. The first-order chi connectivity index (χ1) is 18.9. The molecular weight excluding hydrogens is 522 g/mol. The summed E-state index contributed by atoms with van der Waals surface area (Å²) in [6, 6.07) is 21.0. The van der Waals surface area contributed by atoms with Gasteiger partial charge in [0.1, 0.15) is 12.6 Å². The van der Waals surface area contributed by atoms with Crippen LogP contribution in [-0.2, 0) is 4.79 Å². The van der Waals surface area contributed by atoms with Crippen LogP contribution in [0.2, 0.25) is 5.02 Å². The van der Waals surface area contributed by atoms with Gasteiger partial charge in [0.25, 0.3) is 0 Å². The highest BCUT2D eigenvalue weighted by atomic mass is 35.5. The Kier molecular flexibility index (Phi) is 7.65. The minimum absolute atomic E-state index is 0.105. The molecule has 2 heterocycles. The third kappa shape index (κ3) is 5.38. The molecule has 0 radical (unpaired) electrons. The van der Waals surface area contributed by atoms with Gasteiger partial charge in [-0.15, -0.1) is 0 Å². The lowest BCUT2D eigenvalue weighted by atomic mass is 9.97. The number of nitrogens with zero attached hydrogens (tertiary/aromatic N) is 3. The predicted octanol–water partition coefficient (Wildman–Crippen LogP) is 7.18. The summed E-state index contributed by atoms with van der Waals surface area (Å²) >= 11 is 6.17. The lowest BCUT2D eigenvalue weighted by Gasteiger charge is -2.39. The Bertz CT molecular complexity index is 1510. The first kappa shape index (κ1) is 26.4. The third-order valence-corrected chi connectivity index (χ3v) is 6.99. The minimum atomic E-state index is -1.07. The van der Waals surface area contributed by atoms with Crippen molar-refractivity contribution in [1.29, 1.82) is 0 Å². The molecule has 0 saturated carbocycles. The van der Waals surface area contributed by atoms with Gasteiger partial charge < -0.3 is 14.8 Å². The van der Waals surface area contributed by atoms with E-state index in [1.165, 1.54) is 11.0 Å². The zero-order valence-corrected chi connectivity index (χ0v) is 22.0. The molecule has 1 N–H and O–H groups in total. The second-order valence-electron chi connectivity index (χ2n) is 9.34. The van der Waals surface area contributed by atoms with Crippen LogP contribution in [0, 0.1) is 11.6 Å². The fourth-order valence-electron chi connectivity index (χ4n) is 4.84. The van der Waals surface area contributed by atoms with Gasteiger partial charge in [-0.05, 0) is 60.5 Å². The van der Waals surface area contributed by atoms with Crippen LogP contribution >= 0.6 is 11.6 Å². The van der Waals surface area contributed by atoms with Crippen molar-refractivity contribution in [3.8, 4) is 5.69 Å². The first-order valence-corrected chi connectivity index (χ1v) is 13.1. The van der Waals surface area contributed by atoms with Gasteiger partial charge in [-0.25, -0.2) is 13.6 Å². The van der Waals surface area contributed by atoms with Crippen molar-refractivity contribution in [3.63, 3.8) is 0 Å². The molecule has 4 aromatic rings. The Hall–Kier alpha value is -4.17. The van der Waals surface area contributed by atoms with Crippen LogP contribution in [0.5, 0.6) is 0 Å². The summed E-state index contributed by atoms with van der Waals surface area (Å²) in [5.74, 6) is -2.36. The molecule has 5 rings (SSSR count). The quantitative estimate of drug-likeness (QED) is 0.266. The van der Waals surface area contributed by atoms with Crippen molar-refractivity contribution in [2.75, 3.05) is 23.3 Å². The first-order valence-electron chi connectivity index (χ1n) is 12.7. The summed E-state index contributed by atoms with van der Waals surface area (Å²) in [5.41, 5.74) is 3.43. The highest BCUT2D eigenvalue weighted by Gasteiger charge is 2.37. The highest BCUT2D eigenvalue weighted by molar-refractivity contribution is 6.30. The number of nitrogens with one attached hydrogen (secondary N) is 1. The largest absolute Gasteiger partial charge is 0.322 e. The van der Waals surface area contributed by atoms with Crippen LogP contribution < -0.4 is 10.2 Å². The maximum atomic E-state index is 14.1. The lowest BCUT2D eigenvalue weighted by molar-refractivity contribution is -0.119. The van der Waals surface area contributed by atoms with Gasteiger partial charge in [0.2, 0.25) is 5.91 Å². The van der Waals surface area contributed by atoms with Crippen LogP contribution in [0.15, 0.2) is 85.1 Å². The Balaban J connectivity index is 1.49. The van der Waals surface area contributed by atoms with E-state index < -0.39 is 23.7 Å². The van der Waals surface area contributed by atoms with Gasteiger partial charge in [0.15, 0.2) is 11.6 Å². The van der Waals surface area contributed by atoms with Crippen molar-refractivity contribution >= 4 is 34.9 Å². The average molecular weight is 549 g/mol. The van der Waals surface area contributed by atoms with E-state index in [1.807, 2.05) is 61.7 Å². The van der Waals surface area contributed by atoms with Gasteiger partial charge in [-0.2, -0.15) is 0 Å². The van der Waals surface area contributed by atoms with E-state index in [-0.39, 0.29) is 18.1 Å². The number of hydrogen-bond donors (Lipinski definition) is 1. The van der Waals surface area contributed by atoms with Crippen LogP contribution in [0.1, 0.15) is 37.1 Å². The number of unbranched alkanes of at least 4 members (excludes halogenated alkanes) is 1. The molecule has 200 valence electrons. The third-order valence-electron chi connectivity index (χ3n) is 6.74. The Morgan fingerprint density at radius 3 is 2.41 bits per heavy atom. The van der Waals surface area contributed by atoms with E-state index in [1.54, 1.807) is 17.0 Å². The van der Waals surface area contributed by atoms with Gasteiger partial charge in [0, 0.05) is 29.5 Å². The number of anilines is 2. The number of carbonyl (C=O) groups is 2. The second kappa shape index (κ2) is 11.3. The number of hydrogen-bond acceptors (Lipinski definition) is 2. The van der Waals surface area contributed by atoms with Crippen LogP contribution in [-0.4, -0.2) is 34.5 Å². The second-order valence-corrected chi connectivity index (χ2v) is 9.78. The molecule has 1 aliphatic heterocycles. The number of rotatable bonds is 7. The average Bonchev–Trinajstić information content (AvgIpc) is 3.43. The number of benzene rings is 3. The molecule has 0 saturated heterocycles. The summed E-state index contributed by atoms with van der Waals surface area (Å²) in [4.78, 5) is 30.5. The normalized spacial score (nSPS) is 13.9. The number of fused-ring (bicyclic) bond motifs is 3. The molecule has 3 amide bonds. The smallest absolute Gasteiger partial charge is 0.316 e. The molecule has 0 fully saturated rings. The van der Waals surface area contributed by atoms with Crippen LogP contribution in [0.25, 0.3) is 5.69 Å². The molecular formula is C30H27ClF2N4O2. The minimum Gasteiger partial charge on any atom is -0.316 e. The molecule has 6 nitrogen and oxygen atoms in total. The van der Waals surface area contributed by atoms with Crippen LogP contribution in [0.3, 0.4) is 0 Å². The van der Waals surface area contributed by atoms with E-state index in [0.29, 0.717) is 23.7 Å². The number of carbonyl (C=O) groups excluding carboxylic acids is 2. The Morgan fingerprint density at radius 1 is 0.949 bits per heavy atom. The summed E-state index contributed by atoms with van der Waals surface area (Å²) in [6.07, 6.45) is 3.43. The fraction of sp³-hybridized carbons (Fsp3) is 0.200. The van der Waals surface area contributed by atoms with Crippen molar-refractivity contribution in [3.05, 3.63) is 113 Å². The number of aromatic nitrogens is 1. The van der Waals surface area contributed by atoms with Crippen molar-refractivity contribution in [2.24, 2.45) is 0 Å². The zero-order chi connectivity index (χ0) is 27.5. The molecule has 1 aliphatic rings. The monoisotopic (exact) mass is 548 g/mol. The topological polar surface area (TPSA) is 57.6 Å². The lowest BCUT2D eigenvalue weighted by Crippen LogP contribution is -2.48. The fourth-order valence-corrected chi connectivity index (χ4v) is 4.97. The van der Waals surface area contributed by atoms with Gasteiger partial charge >= 0.3 is 6.03 Å². The number of halogens is 3. The number of urea groups is 1. The van der Waals surface area contributed by atoms with E-state index in [9.17, 15) is 18.4 Å². The van der Waals surface area contributed by atoms with E-state index >= 15 is 0 Å². The Labute approximate surface area is 230 Å². The number of amides is 3. The van der Waals surface area contributed by atoms with Crippen molar-refractivity contribution in [1.82, 2.24) is 9.47 Å². The molecule has 0 spiro atoms. The summed E-state index contributed by atoms with van der Waals surface area (Å²) in [7, 11) is 0. The summed E-state index contributed by atoms with van der Waals surface area (Å²) in [5, 5.41) is 3.18. The van der Waals surface area contributed by atoms with Crippen LogP contribution in [0.4, 0.5) is 25.0 Å². The molecule has 3 aromatic carbocycles. The molecule has 1 atom stereocenters. The van der Waals surface area contributed by atoms with E-state index in [0.717, 1.165) is 35.5 Å². The SMILES string of the molecule is CCCCN(CC(=O)N1c2ccccc2-n2cccc2[C@H]1c1ccc(Cl)cc1)C(=O)Nc1ccc(F)c(F)c1. The van der Waals surface area contributed by atoms with Gasteiger partial charge in [-0.3, -0.25) is 9.69 Å². The maximum absolute atomic E-state index is 14.1.